The van der Waals surface area contributed by atoms with Crippen LogP contribution in [0, 0.1) is 6.92 Å². The summed E-state index contributed by atoms with van der Waals surface area (Å²) in [6, 6.07) is 15.6. The number of amides is 1. The summed E-state index contributed by atoms with van der Waals surface area (Å²) in [6.07, 6.45) is 4.73. The normalized spacial score (nSPS) is 19.0. The van der Waals surface area contributed by atoms with Crippen LogP contribution in [0.25, 0.3) is 0 Å². The Bertz CT molecular complexity index is 990. The summed E-state index contributed by atoms with van der Waals surface area (Å²) >= 11 is 0. The number of piperidine rings is 2. The summed E-state index contributed by atoms with van der Waals surface area (Å²) in [4.78, 5) is 15.3. The van der Waals surface area contributed by atoms with Gasteiger partial charge in [0, 0.05) is 31.7 Å². The Morgan fingerprint density at radius 3 is 2.23 bits per heavy atom. The van der Waals surface area contributed by atoms with Gasteiger partial charge in [0.1, 0.15) is 0 Å². The fraction of sp³-hybridized carbons (Fsp3) is 0.458. The maximum atomic E-state index is 13.2. The summed E-state index contributed by atoms with van der Waals surface area (Å²) < 4.78 is 27.9. The molecule has 0 atom stereocenters. The number of sulfonamides is 1. The molecule has 160 valence electrons. The van der Waals surface area contributed by atoms with Crippen molar-refractivity contribution in [1.29, 1.82) is 0 Å². The van der Waals surface area contributed by atoms with E-state index in [1.54, 1.807) is 29.4 Å². The molecular weight excluding hydrogens is 396 g/mol. The Kier molecular flexibility index (Phi) is 6.25. The molecule has 2 aliphatic rings. The monoisotopic (exact) mass is 426 g/mol. The van der Waals surface area contributed by atoms with Crippen LogP contribution in [0.4, 0.5) is 0 Å². The molecular formula is C24H30N2O3S. The average Bonchev–Trinajstić information content (AvgIpc) is 2.80. The predicted octanol–water partition coefficient (Wildman–Crippen LogP) is 4.19. The minimum absolute atomic E-state index is 0.0726. The zero-order valence-corrected chi connectivity index (χ0v) is 18.4. The molecule has 0 saturated carbocycles. The first-order valence-electron chi connectivity index (χ1n) is 10.9. The van der Waals surface area contributed by atoms with Crippen molar-refractivity contribution < 1.29 is 13.2 Å². The van der Waals surface area contributed by atoms with Gasteiger partial charge in [0.15, 0.2) is 0 Å². The first kappa shape index (κ1) is 21.1. The SMILES string of the molecule is Cc1ccc(C(=O)N2CCC(c3ccccc3)CC2)cc1S(=O)(=O)N1CCCCC1. The van der Waals surface area contributed by atoms with Crippen LogP contribution >= 0.6 is 0 Å². The van der Waals surface area contributed by atoms with Gasteiger partial charge in [-0.2, -0.15) is 4.31 Å². The lowest BCUT2D eigenvalue weighted by molar-refractivity contribution is 0.0712. The molecule has 0 N–H and O–H groups in total. The predicted molar refractivity (Wildman–Crippen MR) is 118 cm³/mol. The molecule has 2 heterocycles. The summed E-state index contributed by atoms with van der Waals surface area (Å²) in [5, 5.41) is 0. The van der Waals surface area contributed by atoms with Crippen molar-refractivity contribution in [3.8, 4) is 0 Å². The molecule has 2 aliphatic heterocycles. The van der Waals surface area contributed by atoms with Gasteiger partial charge in [0.2, 0.25) is 10.0 Å². The third-order valence-corrected chi connectivity index (χ3v) is 8.46. The molecule has 4 rings (SSSR count). The molecule has 0 aliphatic carbocycles. The molecule has 0 aromatic heterocycles. The minimum Gasteiger partial charge on any atom is -0.339 e. The van der Waals surface area contributed by atoms with Crippen LogP contribution in [0.3, 0.4) is 0 Å². The smallest absolute Gasteiger partial charge is 0.253 e. The lowest BCUT2D eigenvalue weighted by atomic mass is 9.89. The summed E-state index contributed by atoms with van der Waals surface area (Å²) in [7, 11) is -3.56. The second-order valence-electron chi connectivity index (χ2n) is 8.42. The number of hydrogen-bond donors (Lipinski definition) is 0. The second kappa shape index (κ2) is 8.90. The van der Waals surface area contributed by atoms with Gasteiger partial charge in [-0.3, -0.25) is 4.79 Å². The van der Waals surface area contributed by atoms with Crippen LogP contribution < -0.4 is 0 Å². The van der Waals surface area contributed by atoms with Gasteiger partial charge in [-0.1, -0.05) is 42.8 Å². The molecule has 2 aromatic carbocycles. The molecule has 30 heavy (non-hydrogen) atoms. The van der Waals surface area contributed by atoms with Crippen LogP contribution in [0.2, 0.25) is 0 Å². The Morgan fingerprint density at radius 1 is 0.900 bits per heavy atom. The maximum Gasteiger partial charge on any atom is 0.253 e. The summed E-state index contributed by atoms with van der Waals surface area (Å²) in [6.45, 7) is 4.32. The van der Waals surface area contributed by atoms with Crippen molar-refractivity contribution in [3.63, 3.8) is 0 Å². The molecule has 0 radical (unpaired) electrons. The van der Waals surface area contributed by atoms with Crippen LogP contribution in [-0.4, -0.2) is 49.7 Å². The fourth-order valence-corrected chi connectivity index (χ4v) is 6.35. The Morgan fingerprint density at radius 2 is 1.57 bits per heavy atom. The highest BCUT2D eigenvalue weighted by molar-refractivity contribution is 7.89. The zero-order chi connectivity index (χ0) is 21.1. The van der Waals surface area contributed by atoms with Gasteiger partial charge in [0.05, 0.1) is 4.90 Å². The Balaban J connectivity index is 1.49. The summed E-state index contributed by atoms with van der Waals surface area (Å²) in [5.41, 5.74) is 2.49. The molecule has 1 amide bonds. The highest BCUT2D eigenvalue weighted by Crippen LogP contribution is 2.29. The second-order valence-corrected chi connectivity index (χ2v) is 10.3. The topological polar surface area (TPSA) is 57.7 Å². The van der Waals surface area contributed by atoms with Crippen molar-refractivity contribution in [2.45, 2.75) is 49.8 Å². The number of carbonyl (C=O) groups is 1. The fourth-order valence-electron chi connectivity index (χ4n) is 4.58. The first-order valence-corrected chi connectivity index (χ1v) is 12.4. The van der Waals surface area contributed by atoms with Gasteiger partial charge in [-0.25, -0.2) is 8.42 Å². The van der Waals surface area contributed by atoms with E-state index in [4.69, 9.17) is 0 Å². The van der Waals surface area contributed by atoms with E-state index in [1.165, 1.54) is 5.56 Å². The lowest BCUT2D eigenvalue weighted by Gasteiger charge is -2.32. The number of hydrogen-bond acceptors (Lipinski definition) is 3. The summed E-state index contributed by atoms with van der Waals surface area (Å²) in [5.74, 6) is 0.403. The molecule has 2 aromatic rings. The van der Waals surface area contributed by atoms with E-state index in [2.05, 4.69) is 24.3 Å². The van der Waals surface area contributed by atoms with Gasteiger partial charge >= 0.3 is 0 Å². The molecule has 5 nitrogen and oxygen atoms in total. The molecule has 2 saturated heterocycles. The van der Waals surface area contributed by atoms with Crippen LogP contribution in [-0.2, 0) is 10.0 Å². The standard InChI is InChI=1S/C24H30N2O3S/c1-19-10-11-22(18-23(19)30(28,29)26-14-6-3-7-15-26)24(27)25-16-12-21(13-17-25)20-8-4-2-5-9-20/h2,4-5,8-11,18,21H,3,6-7,12-17H2,1H3. The van der Waals surface area contributed by atoms with E-state index in [9.17, 15) is 13.2 Å². The van der Waals surface area contributed by atoms with Crippen LogP contribution in [0.15, 0.2) is 53.4 Å². The molecule has 6 heteroatoms. The zero-order valence-electron chi connectivity index (χ0n) is 17.6. The third-order valence-electron chi connectivity index (χ3n) is 6.42. The van der Waals surface area contributed by atoms with Gasteiger partial charge < -0.3 is 4.90 Å². The van der Waals surface area contributed by atoms with E-state index in [1.807, 2.05) is 11.0 Å². The highest BCUT2D eigenvalue weighted by Gasteiger charge is 2.29. The van der Waals surface area contributed by atoms with Crippen molar-refractivity contribution >= 4 is 15.9 Å². The van der Waals surface area contributed by atoms with Crippen LogP contribution in [0.5, 0.6) is 0 Å². The number of rotatable bonds is 4. The number of carbonyl (C=O) groups excluding carboxylic acids is 1. The van der Waals surface area contributed by atoms with Crippen molar-refractivity contribution in [2.75, 3.05) is 26.2 Å². The average molecular weight is 427 g/mol. The Hall–Kier alpha value is -2.18. The molecule has 2 fully saturated rings. The third kappa shape index (κ3) is 4.30. The number of aryl methyl sites for hydroxylation is 1. The van der Waals surface area contributed by atoms with Crippen LogP contribution in [0.1, 0.15) is 59.5 Å². The number of benzene rings is 2. The minimum atomic E-state index is -3.56. The van der Waals surface area contributed by atoms with Crippen molar-refractivity contribution in [1.82, 2.24) is 9.21 Å². The van der Waals surface area contributed by atoms with E-state index >= 15 is 0 Å². The van der Waals surface area contributed by atoms with Gasteiger partial charge in [-0.05, 0) is 61.8 Å². The molecule has 0 unspecified atom stereocenters. The van der Waals surface area contributed by atoms with Gasteiger partial charge in [0.25, 0.3) is 5.91 Å². The number of nitrogens with zero attached hydrogens (tertiary/aromatic N) is 2. The van der Waals surface area contributed by atoms with E-state index in [-0.39, 0.29) is 10.8 Å². The highest BCUT2D eigenvalue weighted by atomic mass is 32.2. The number of likely N-dealkylation sites (tertiary alicyclic amines) is 1. The van der Waals surface area contributed by atoms with Crippen molar-refractivity contribution in [2.24, 2.45) is 0 Å². The molecule has 0 bridgehead atoms. The maximum absolute atomic E-state index is 13.2. The van der Waals surface area contributed by atoms with E-state index < -0.39 is 10.0 Å². The van der Waals surface area contributed by atoms with E-state index in [0.29, 0.717) is 43.2 Å². The first-order chi connectivity index (χ1) is 14.5. The largest absolute Gasteiger partial charge is 0.339 e. The van der Waals surface area contributed by atoms with Crippen molar-refractivity contribution in [3.05, 3.63) is 65.2 Å². The Labute approximate surface area is 179 Å². The van der Waals surface area contributed by atoms with Gasteiger partial charge in [-0.15, -0.1) is 0 Å². The van der Waals surface area contributed by atoms with E-state index in [0.717, 1.165) is 32.1 Å². The molecule has 0 spiro atoms. The lowest BCUT2D eigenvalue weighted by Crippen LogP contribution is -2.38. The quantitative estimate of drug-likeness (QED) is 0.737.